The van der Waals surface area contributed by atoms with Crippen molar-refractivity contribution in [3.05, 3.63) is 84.0 Å². The van der Waals surface area contributed by atoms with Gasteiger partial charge in [0.1, 0.15) is 0 Å². The molecule has 0 atom stereocenters. The van der Waals surface area contributed by atoms with Gasteiger partial charge >= 0.3 is 0 Å². The number of aryl methyl sites for hydroxylation is 1. The van der Waals surface area contributed by atoms with Gasteiger partial charge in [-0.1, -0.05) is 99.6 Å². The molecule has 1 aromatic rings. The van der Waals surface area contributed by atoms with E-state index < -0.39 is 0 Å². The summed E-state index contributed by atoms with van der Waals surface area (Å²) in [4.78, 5) is 10.8. The SMILES string of the molecule is C/C=C\CC.C=CC.CC.CC(=O)c1ccc(C)cc1.CCC1=CCCC=C1. The smallest absolute Gasteiger partial charge is 0.159 e. The minimum atomic E-state index is 0.125. The van der Waals surface area contributed by atoms with Crippen LogP contribution in [0.1, 0.15) is 90.1 Å². The predicted molar refractivity (Wildman–Crippen MR) is 130 cm³/mol. The molecule has 0 N–H and O–H groups in total. The van der Waals surface area contributed by atoms with E-state index in [1.165, 1.54) is 30.4 Å². The minimum absolute atomic E-state index is 0.125. The number of benzene rings is 1. The topological polar surface area (TPSA) is 17.1 Å². The van der Waals surface area contributed by atoms with Crippen LogP contribution in [0.4, 0.5) is 0 Å². The molecule has 1 heteroatoms. The van der Waals surface area contributed by atoms with Gasteiger partial charge in [0.25, 0.3) is 0 Å². The molecule has 0 heterocycles. The van der Waals surface area contributed by atoms with Gasteiger partial charge in [-0.3, -0.25) is 4.79 Å². The zero-order valence-corrected chi connectivity index (χ0v) is 19.7. The molecule has 0 aromatic heterocycles. The fourth-order valence-electron chi connectivity index (χ4n) is 1.95. The maximum atomic E-state index is 10.8. The van der Waals surface area contributed by atoms with Crippen LogP contribution in [0.25, 0.3) is 0 Å². The summed E-state index contributed by atoms with van der Waals surface area (Å²) in [6, 6.07) is 7.57. The van der Waals surface area contributed by atoms with Gasteiger partial charge in [-0.25, -0.2) is 0 Å². The average Bonchev–Trinajstić information content (AvgIpc) is 2.72. The molecule has 1 aromatic carbocycles. The van der Waals surface area contributed by atoms with Gasteiger partial charge in [0, 0.05) is 5.56 Å². The second-order valence-corrected chi connectivity index (χ2v) is 5.92. The van der Waals surface area contributed by atoms with Crippen molar-refractivity contribution >= 4 is 5.78 Å². The van der Waals surface area contributed by atoms with E-state index in [1.54, 1.807) is 13.0 Å². The van der Waals surface area contributed by atoms with Gasteiger partial charge in [-0.15, -0.1) is 6.58 Å². The fourth-order valence-corrected chi connectivity index (χ4v) is 1.95. The van der Waals surface area contributed by atoms with Crippen molar-refractivity contribution in [2.24, 2.45) is 0 Å². The summed E-state index contributed by atoms with van der Waals surface area (Å²) in [5.74, 6) is 0.125. The van der Waals surface area contributed by atoms with E-state index in [1.807, 2.05) is 58.9 Å². The van der Waals surface area contributed by atoms with Crippen LogP contribution in [0.15, 0.2) is 72.9 Å². The Morgan fingerprint density at radius 1 is 1.07 bits per heavy atom. The zero-order chi connectivity index (χ0) is 22.2. The summed E-state index contributed by atoms with van der Waals surface area (Å²) in [7, 11) is 0. The van der Waals surface area contributed by atoms with Gasteiger partial charge in [0.15, 0.2) is 5.78 Å². The summed E-state index contributed by atoms with van der Waals surface area (Å²) >= 11 is 0. The van der Waals surface area contributed by atoms with E-state index in [2.05, 4.69) is 50.8 Å². The van der Waals surface area contributed by atoms with Gasteiger partial charge in [-0.05, 0) is 53.4 Å². The van der Waals surface area contributed by atoms with Crippen molar-refractivity contribution in [3.63, 3.8) is 0 Å². The van der Waals surface area contributed by atoms with E-state index in [9.17, 15) is 4.79 Å². The maximum absolute atomic E-state index is 10.8. The number of carbonyl (C=O) groups is 1. The van der Waals surface area contributed by atoms with E-state index in [0.29, 0.717) is 0 Å². The number of allylic oxidation sites excluding steroid dienone is 7. The van der Waals surface area contributed by atoms with Crippen molar-refractivity contribution < 1.29 is 4.79 Å². The number of Topliss-reactive ketones (excluding diaryl/α,β-unsaturated/α-hetero) is 1. The van der Waals surface area contributed by atoms with E-state index in [4.69, 9.17) is 0 Å². The first kappa shape index (κ1) is 30.6. The molecule has 2 rings (SSSR count). The second-order valence-electron chi connectivity index (χ2n) is 5.92. The van der Waals surface area contributed by atoms with Crippen LogP contribution >= 0.6 is 0 Å². The zero-order valence-electron chi connectivity index (χ0n) is 19.7. The molecular weight excluding hydrogens is 340 g/mol. The Bertz CT molecular complexity index is 556. The fraction of sp³-hybridized carbons (Fsp3) is 0.444. The number of ketones is 1. The van der Waals surface area contributed by atoms with Crippen LogP contribution in [-0.4, -0.2) is 5.78 Å². The van der Waals surface area contributed by atoms with Crippen molar-refractivity contribution in [2.75, 3.05) is 0 Å². The summed E-state index contributed by atoms with van der Waals surface area (Å²) in [6.45, 7) is 19.2. The van der Waals surface area contributed by atoms with Gasteiger partial charge < -0.3 is 0 Å². The lowest BCUT2D eigenvalue weighted by molar-refractivity contribution is 0.101. The molecule has 0 fully saturated rings. The normalized spacial score (nSPS) is 11.1. The highest BCUT2D eigenvalue weighted by Crippen LogP contribution is 2.11. The first-order chi connectivity index (χ1) is 13.5. The Labute approximate surface area is 176 Å². The summed E-state index contributed by atoms with van der Waals surface area (Å²) < 4.78 is 0. The second kappa shape index (κ2) is 24.8. The molecule has 1 aliphatic carbocycles. The highest BCUT2D eigenvalue weighted by atomic mass is 16.1. The highest BCUT2D eigenvalue weighted by molar-refractivity contribution is 5.93. The van der Waals surface area contributed by atoms with Crippen molar-refractivity contribution in [1.29, 1.82) is 0 Å². The first-order valence-corrected chi connectivity index (χ1v) is 10.6. The van der Waals surface area contributed by atoms with Gasteiger partial charge in [-0.2, -0.15) is 0 Å². The van der Waals surface area contributed by atoms with Crippen LogP contribution < -0.4 is 0 Å². The van der Waals surface area contributed by atoms with Gasteiger partial charge in [0.2, 0.25) is 0 Å². The summed E-state index contributed by atoms with van der Waals surface area (Å²) in [6.07, 6.45) is 17.6. The standard InChI is InChI=1S/C9H10O.C8H12.C5H10.C3H6.C2H6/c1-7-3-5-9(6-4-7)8(2)10;1-2-8-6-4-3-5-7-8;1-3-5-4-2;1-3-2;1-2/h3-6H,1-2H3;4,6-7H,2-3,5H2,1H3;3,5H,4H2,1-2H3;3H,1H2,2H3;1-2H3/b;;5-3-;;. The summed E-state index contributed by atoms with van der Waals surface area (Å²) in [5.41, 5.74) is 3.46. The maximum Gasteiger partial charge on any atom is 0.159 e. The quantitative estimate of drug-likeness (QED) is 0.375. The Morgan fingerprint density at radius 2 is 1.61 bits per heavy atom. The minimum Gasteiger partial charge on any atom is -0.295 e. The molecule has 0 spiro atoms. The number of hydrogen-bond donors (Lipinski definition) is 0. The Kier molecular flexibility index (Phi) is 27.1. The molecule has 0 radical (unpaired) electrons. The third-order valence-electron chi connectivity index (χ3n) is 3.41. The average molecular weight is 385 g/mol. The molecule has 0 unspecified atom stereocenters. The Morgan fingerprint density at radius 3 is 1.86 bits per heavy atom. The van der Waals surface area contributed by atoms with E-state index in [-0.39, 0.29) is 5.78 Å². The number of hydrogen-bond acceptors (Lipinski definition) is 1. The third kappa shape index (κ3) is 21.9. The summed E-state index contributed by atoms with van der Waals surface area (Å²) in [5, 5.41) is 0. The van der Waals surface area contributed by atoms with Crippen molar-refractivity contribution in [1.82, 2.24) is 0 Å². The molecule has 1 nitrogen and oxygen atoms in total. The number of carbonyl (C=O) groups excluding carboxylic acids is 1. The highest BCUT2D eigenvalue weighted by Gasteiger charge is 1.95. The lowest BCUT2D eigenvalue weighted by Gasteiger charge is -2.01. The Balaban J connectivity index is -0.000000312. The monoisotopic (exact) mass is 384 g/mol. The van der Waals surface area contributed by atoms with E-state index >= 15 is 0 Å². The largest absolute Gasteiger partial charge is 0.295 e. The van der Waals surface area contributed by atoms with Crippen LogP contribution in [-0.2, 0) is 0 Å². The molecule has 0 aliphatic heterocycles. The molecule has 1 aliphatic rings. The lowest BCUT2D eigenvalue weighted by Crippen LogP contribution is -1.90. The van der Waals surface area contributed by atoms with Crippen LogP contribution in [0, 0.1) is 6.92 Å². The van der Waals surface area contributed by atoms with Crippen molar-refractivity contribution in [2.45, 2.75) is 81.1 Å². The number of rotatable bonds is 3. The van der Waals surface area contributed by atoms with Crippen LogP contribution in [0.2, 0.25) is 0 Å². The predicted octanol–water partition coefficient (Wildman–Crippen LogP) is 9.06. The van der Waals surface area contributed by atoms with Gasteiger partial charge in [0.05, 0.1) is 0 Å². The molecule has 0 bridgehead atoms. The first-order valence-electron chi connectivity index (χ1n) is 10.6. The Hall–Kier alpha value is -2.15. The molecule has 0 saturated carbocycles. The third-order valence-corrected chi connectivity index (χ3v) is 3.41. The van der Waals surface area contributed by atoms with Crippen LogP contribution in [0.3, 0.4) is 0 Å². The molecule has 0 saturated heterocycles. The lowest BCUT2D eigenvalue weighted by atomic mass is 10.1. The van der Waals surface area contributed by atoms with E-state index in [0.717, 1.165) is 12.0 Å². The van der Waals surface area contributed by atoms with Crippen molar-refractivity contribution in [3.8, 4) is 0 Å². The molecule has 158 valence electrons. The van der Waals surface area contributed by atoms with Crippen LogP contribution in [0.5, 0.6) is 0 Å². The molecular formula is C27H44O. The molecule has 0 amide bonds. The molecule has 28 heavy (non-hydrogen) atoms.